The van der Waals surface area contributed by atoms with Crippen molar-refractivity contribution in [3.63, 3.8) is 0 Å². The van der Waals surface area contributed by atoms with Crippen LogP contribution in [0.15, 0.2) is 0 Å². The first-order valence-corrected chi connectivity index (χ1v) is 5.20. The normalized spacial score (nSPS) is 18.5. The van der Waals surface area contributed by atoms with Crippen molar-refractivity contribution >= 4 is 5.97 Å². The first-order chi connectivity index (χ1) is 6.63. The highest BCUT2D eigenvalue weighted by Gasteiger charge is 2.29. The fourth-order valence-electron chi connectivity index (χ4n) is 1.56. The third kappa shape index (κ3) is 4.07. The molecule has 1 unspecified atom stereocenters. The topological polar surface area (TPSA) is 60.8 Å². The highest BCUT2D eigenvalue weighted by molar-refractivity contribution is 5.66. The van der Waals surface area contributed by atoms with Crippen LogP contribution in [0.2, 0.25) is 0 Å². The van der Waals surface area contributed by atoms with Crippen LogP contribution < -0.4 is 0 Å². The molecular weight excluding hydrogens is 182 g/mol. The molecule has 0 saturated heterocycles. The Morgan fingerprint density at radius 3 is 2.64 bits per heavy atom. The summed E-state index contributed by atoms with van der Waals surface area (Å²) in [6.07, 6.45) is 2.56. The van der Waals surface area contributed by atoms with Gasteiger partial charge in [-0.1, -0.05) is 6.92 Å². The maximum atomic E-state index is 10.4. The largest absolute Gasteiger partial charge is 0.481 e. The Hall–Kier alpha value is -0.610. The van der Waals surface area contributed by atoms with Crippen LogP contribution in [0.3, 0.4) is 0 Å². The number of carboxylic acids is 1. The molecule has 1 fully saturated rings. The van der Waals surface area contributed by atoms with Gasteiger partial charge in [-0.15, -0.1) is 0 Å². The molecule has 14 heavy (non-hydrogen) atoms. The summed E-state index contributed by atoms with van der Waals surface area (Å²) in [5.74, 6) is -0.503. The van der Waals surface area contributed by atoms with E-state index in [4.69, 9.17) is 10.2 Å². The number of carbonyl (C=O) groups is 1. The molecule has 0 radical (unpaired) electrons. The van der Waals surface area contributed by atoms with Crippen molar-refractivity contribution in [3.8, 4) is 0 Å². The van der Waals surface area contributed by atoms with Crippen molar-refractivity contribution in [2.45, 2.75) is 32.2 Å². The van der Waals surface area contributed by atoms with Crippen molar-refractivity contribution in [2.24, 2.45) is 5.92 Å². The molecule has 0 bridgehead atoms. The summed E-state index contributed by atoms with van der Waals surface area (Å²) in [6, 6.07) is 0.573. The number of aliphatic hydroxyl groups excluding tert-OH is 1. The quantitative estimate of drug-likeness (QED) is 0.631. The van der Waals surface area contributed by atoms with E-state index in [0.29, 0.717) is 12.6 Å². The van der Waals surface area contributed by atoms with Crippen molar-refractivity contribution in [1.29, 1.82) is 0 Å². The van der Waals surface area contributed by atoms with E-state index in [1.807, 2.05) is 6.92 Å². The minimum absolute atomic E-state index is 0.177. The summed E-state index contributed by atoms with van der Waals surface area (Å²) in [5.41, 5.74) is 0. The van der Waals surface area contributed by atoms with E-state index in [9.17, 15) is 4.79 Å². The second-order valence-electron chi connectivity index (χ2n) is 4.16. The molecule has 0 aromatic rings. The first-order valence-electron chi connectivity index (χ1n) is 5.20. The van der Waals surface area contributed by atoms with Crippen molar-refractivity contribution in [1.82, 2.24) is 4.90 Å². The maximum Gasteiger partial charge on any atom is 0.304 e. The van der Waals surface area contributed by atoms with Crippen molar-refractivity contribution in [2.75, 3.05) is 19.7 Å². The third-order valence-electron chi connectivity index (χ3n) is 2.53. The van der Waals surface area contributed by atoms with Crippen LogP contribution in [-0.2, 0) is 4.79 Å². The molecule has 0 aromatic heterocycles. The smallest absolute Gasteiger partial charge is 0.304 e. The minimum atomic E-state index is -0.743. The van der Waals surface area contributed by atoms with Crippen molar-refractivity contribution < 1.29 is 15.0 Å². The second kappa shape index (κ2) is 5.32. The molecule has 1 aliphatic rings. The SMILES string of the molecule is CC(CO)CN(CCC(=O)O)C1CC1. The number of nitrogens with zero attached hydrogens (tertiary/aromatic N) is 1. The van der Waals surface area contributed by atoms with E-state index in [2.05, 4.69) is 4.90 Å². The van der Waals surface area contributed by atoms with Gasteiger partial charge in [0.25, 0.3) is 0 Å². The van der Waals surface area contributed by atoms with Crippen LogP contribution in [0, 0.1) is 5.92 Å². The number of hydrogen-bond acceptors (Lipinski definition) is 3. The molecular formula is C10H19NO3. The number of carboxylic acid groups (broad SMARTS) is 1. The predicted molar refractivity (Wildman–Crippen MR) is 53.1 cm³/mol. The van der Waals surface area contributed by atoms with E-state index in [1.54, 1.807) is 0 Å². The van der Waals surface area contributed by atoms with Gasteiger partial charge in [0, 0.05) is 25.7 Å². The molecule has 4 nitrogen and oxygen atoms in total. The van der Waals surface area contributed by atoms with E-state index in [1.165, 1.54) is 12.8 Å². The predicted octanol–water partition coefficient (Wildman–Crippen LogP) is 0.554. The zero-order valence-corrected chi connectivity index (χ0v) is 8.65. The molecule has 2 N–H and O–H groups in total. The molecule has 4 heteroatoms. The lowest BCUT2D eigenvalue weighted by Crippen LogP contribution is -2.33. The Balaban J connectivity index is 2.27. The fourth-order valence-corrected chi connectivity index (χ4v) is 1.56. The van der Waals surface area contributed by atoms with Gasteiger partial charge in [0.15, 0.2) is 0 Å². The summed E-state index contributed by atoms with van der Waals surface area (Å²) in [7, 11) is 0. The van der Waals surface area contributed by atoms with Gasteiger partial charge in [0.05, 0.1) is 6.42 Å². The third-order valence-corrected chi connectivity index (χ3v) is 2.53. The molecule has 0 amide bonds. The van der Waals surface area contributed by atoms with Gasteiger partial charge >= 0.3 is 5.97 Å². The average Bonchev–Trinajstić information content (AvgIpc) is 2.94. The maximum absolute atomic E-state index is 10.4. The summed E-state index contributed by atoms with van der Waals surface area (Å²) < 4.78 is 0. The van der Waals surface area contributed by atoms with Gasteiger partial charge in [-0.3, -0.25) is 9.69 Å². The summed E-state index contributed by atoms with van der Waals surface area (Å²) in [6.45, 7) is 3.59. The zero-order chi connectivity index (χ0) is 10.6. The molecule has 82 valence electrons. The lowest BCUT2D eigenvalue weighted by Gasteiger charge is -2.23. The molecule has 1 rings (SSSR count). The standard InChI is InChI=1S/C10H19NO3/c1-8(7-12)6-11(9-2-3-9)5-4-10(13)14/h8-9,12H,2-7H2,1H3,(H,13,14). The highest BCUT2D eigenvalue weighted by atomic mass is 16.4. The van der Waals surface area contributed by atoms with Gasteiger partial charge in [0.1, 0.15) is 0 Å². The van der Waals surface area contributed by atoms with Gasteiger partial charge in [0.2, 0.25) is 0 Å². The second-order valence-corrected chi connectivity index (χ2v) is 4.16. The number of hydrogen-bond donors (Lipinski definition) is 2. The van der Waals surface area contributed by atoms with Crippen molar-refractivity contribution in [3.05, 3.63) is 0 Å². The van der Waals surface area contributed by atoms with Crippen LogP contribution in [0.4, 0.5) is 0 Å². The number of aliphatic carboxylic acids is 1. The van der Waals surface area contributed by atoms with E-state index in [-0.39, 0.29) is 18.9 Å². The zero-order valence-electron chi connectivity index (χ0n) is 8.65. The Labute approximate surface area is 84.5 Å². The molecule has 0 spiro atoms. The summed E-state index contributed by atoms with van der Waals surface area (Å²) in [4.78, 5) is 12.6. The first kappa shape index (κ1) is 11.5. The molecule has 0 aromatic carbocycles. The molecule has 1 saturated carbocycles. The van der Waals surface area contributed by atoms with Gasteiger partial charge in [-0.2, -0.15) is 0 Å². The summed E-state index contributed by atoms with van der Waals surface area (Å²) >= 11 is 0. The van der Waals surface area contributed by atoms with Crippen LogP contribution >= 0.6 is 0 Å². The Morgan fingerprint density at radius 2 is 2.21 bits per heavy atom. The molecule has 0 heterocycles. The Morgan fingerprint density at radius 1 is 1.57 bits per heavy atom. The van der Waals surface area contributed by atoms with Gasteiger partial charge < -0.3 is 10.2 Å². The summed E-state index contributed by atoms with van der Waals surface area (Å²) in [5, 5.41) is 17.5. The molecule has 0 aliphatic heterocycles. The van der Waals surface area contributed by atoms with Gasteiger partial charge in [-0.25, -0.2) is 0 Å². The highest BCUT2D eigenvalue weighted by Crippen LogP contribution is 2.27. The fraction of sp³-hybridized carbons (Fsp3) is 0.900. The monoisotopic (exact) mass is 201 g/mol. The van der Waals surface area contributed by atoms with E-state index < -0.39 is 5.97 Å². The molecule has 1 aliphatic carbocycles. The lowest BCUT2D eigenvalue weighted by atomic mass is 10.2. The number of aliphatic hydroxyl groups is 1. The Bertz CT molecular complexity index is 192. The average molecular weight is 201 g/mol. The van der Waals surface area contributed by atoms with Crippen LogP contribution in [0.1, 0.15) is 26.2 Å². The van der Waals surface area contributed by atoms with E-state index in [0.717, 1.165) is 6.54 Å². The van der Waals surface area contributed by atoms with E-state index >= 15 is 0 Å². The lowest BCUT2D eigenvalue weighted by molar-refractivity contribution is -0.137. The van der Waals surface area contributed by atoms with Crippen LogP contribution in [0.25, 0.3) is 0 Å². The number of rotatable bonds is 7. The van der Waals surface area contributed by atoms with Crippen LogP contribution in [0.5, 0.6) is 0 Å². The van der Waals surface area contributed by atoms with Gasteiger partial charge in [-0.05, 0) is 18.8 Å². The van der Waals surface area contributed by atoms with Crippen LogP contribution in [-0.4, -0.2) is 46.8 Å². The Kier molecular flexibility index (Phi) is 4.35. The minimum Gasteiger partial charge on any atom is -0.481 e. The molecule has 1 atom stereocenters.